The van der Waals surface area contributed by atoms with Gasteiger partial charge in [0.2, 0.25) is 11.8 Å². The first kappa shape index (κ1) is 24.0. The highest BCUT2D eigenvalue weighted by Gasteiger charge is 2.27. The van der Waals surface area contributed by atoms with Crippen LogP contribution < -0.4 is 10.6 Å². The lowest BCUT2D eigenvalue weighted by atomic mass is 9.80. The van der Waals surface area contributed by atoms with E-state index in [0.717, 1.165) is 49.8 Å². The Morgan fingerprint density at radius 1 is 1.12 bits per heavy atom. The van der Waals surface area contributed by atoms with Gasteiger partial charge in [-0.15, -0.1) is 11.3 Å². The lowest BCUT2D eigenvalue weighted by molar-refractivity contribution is -0.126. The van der Waals surface area contributed by atoms with Gasteiger partial charge >= 0.3 is 0 Å². The normalized spacial score (nSPS) is 21.0. The van der Waals surface area contributed by atoms with Crippen molar-refractivity contribution < 1.29 is 18.0 Å². The first-order chi connectivity index (χ1) is 15.9. The zero-order chi connectivity index (χ0) is 23.3. The van der Waals surface area contributed by atoms with Crippen LogP contribution >= 0.6 is 11.3 Å². The predicted molar refractivity (Wildman–Crippen MR) is 131 cm³/mol. The molecule has 2 aromatic rings. The van der Waals surface area contributed by atoms with Gasteiger partial charge in [-0.25, -0.2) is 8.42 Å². The maximum Gasteiger partial charge on any atom is 0.224 e. The molecule has 178 valence electrons. The number of benzene rings is 1. The number of nitrogens with one attached hydrogen (secondary N) is 2. The fourth-order valence-corrected chi connectivity index (χ4v) is 6.99. The van der Waals surface area contributed by atoms with Crippen LogP contribution in [0.4, 0.5) is 5.69 Å². The zero-order valence-corrected chi connectivity index (χ0v) is 20.5. The first-order valence-electron chi connectivity index (χ1n) is 11.9. The van der Waals surface area contributed by atoms with Gasteiger partial charge in [-0.05, 0) is 92.5 Å². The van der Waals surface area contributed by atoms with Crippen molar-refractivity contribution in [1.29, 1.82) is 0 Å². The Bertz CT molecular complexity index is 1070. The van der Waals surface area contributed by atoms with Crippen LogP contribution in [0.1, 0.15) is 55.4 Å². The monoisotopic (exact) mass is 488 g/mol. The minimum absolute atomic E-state index is 0.0175. The van der Waals surface area contributed by atoms with Crippen LogP contribution in [0.2, 0.25) is 0 Å². The molecule has 4 rings (SSSR count). The molecule has 1 aromatic heterocycles. The van der Waals surface area contributed by atoms with E-state index in [-0.39, 0.29) is 23.5 Å². The number of amides is 2. The third-order valence-electron chi connectivity index (χ3n) is 6.82. The Morgan fingerprint density at radius 3 is 2.70 bits per heavy atom. The van der Waals surface area contributed by atoms with Crippen LogP contribution in [0.5, 0.6) is 0 Å². The summed E-state index contributed by atoms with van der Waals surface area (Å²) in [7, 11) is -3.37. The SMILES string of the molecule is O=C1CCCc2cc(S(=O)(=O)CCC3CCC(C(=O)NCCc4cccs4)CC3)ccc2N1. The van der Waals surface area contributed by atoms with E-state index in [1.54, 1.807) is 29.5 Å². The summed E-state index contributed by atoms with van der Waals surface area (Å²) in [6, 6.07) is 9.16. The van der Waals surface area contributed by atoms with Gasteiger partial charge < -0.3 is 10.6 Å². The largest absolute Gasteiger partial charge is 0.356 e. The quantitative estimate of drug-likeness (QED) is 0.578. The molecule has 0 radical (unpaired) electrons. The maximum absolute atomic E-state index is 12.9. The Labute approximate surface area is 200 Å². The molecule has 2 N–H and O–H groups in total. The Hall–Kier alpha value is -2.19. The molecule has 0 spiro atoms. The summed E-state index contributed by atoms with van der Waals surface area (Å²) in [6.07, 6.45) is 6.84. The third-order valence-corrected chi connectivity index (χ3v) is 9.50. The molecule has 33 heavy (non-hydrogen) atoms. The number of rotatable bonds is 8. The summed E-state index contributed by atoms with van der Waals surface area (Å²) < 4.78 is 25.9. The summed E-state index contributed by atoms with van der Waals surface area (Å²) in [5, 5.41) is 7.96. The van der Waals surface area contributed by atoms with Gasteiger partial charge in [-0.3, -0.25) is 9.59 Å². The number of anilines is 1. The van der Waals surface area contributed by atoms with Crippen LogP contribution in [-0.4, -0.2) is 32.5 Å². The van der Waals surface area contributed by atoms with Crippen LogP contribution in [0.3, 0.4) is 0 Å². The standard InChI is InChI=1S/C25H32N2O4S2/c28-24-5-1-3-20-17-22(10-11-23(20)27-24)33(30,31)16-13-18-6-8-19(9-7-18)25(29)26-14-12-21-4-2-15-32-21/h2,4,10-11,15,17-19H,1,3,5-9,12-14,16H2,(H,26,29)(H,27,28). The number of hydrogen-bond acceptors (Lipinski definition) is 5. The molecular formula is C25H32N2O4S2. The number of aryl methyl sites for hydroxylation is 1. The first-order valence-corrected chi connectivity index (χ1v) is 14.4. The van der Waals surface area contributed by atoms with Crippen LogP contribution in [-0.2, 0) is 32.3 Å². The van der Waals surface area contributed by atoms with E-state index in [2.05, 4.69) is 16.7 Å². The lowest BCUT2D eigenvalue weighted by Gasteiger charge is -2.27. The van der Waals surface area contributed by atoms with E-state index in [1.807, 2.05) is 11.4 Å². The molecule has 2 heterocycles. The van der Waals surface area contributed by atoms with Crippen molar-refractivity contribution in [3.8, 4) is 0 Å². The predicted octanol–water partition coefficient (Wildman–Crippen LogP) is 4.35. The molecule has 8 heteroatoms. The summed E-state index contributed by atoms with van der Waals surface area (Å²) in [6.45, 7) is 0.669. The minimum atomic E-state index is -3.37. The minimum Gasteiger partial charge on any atom is -0.356 e. The second-order valence-corrected chi connectivity index (χ2v) is 12.3. The van der Waals surface area contributed by atoms with E-state index in [9.17, 15) is 18.0 Å². The van der Waals surface area contributed by atoms with Gasteiger partial charge in [-0.2, -0.15) is 0 Å². The molecule has 0 unspecified atom stereocenters. The average Bonchev–Trinajstić information content (AvgIpc) is 3.25. The Morgan fingerprint density at radius 2 is 1.94 bits per heavy atom. The highest BCUT2D eigenvalue weighted by atomic mass is 32.2. The summed E-state index contributed by atoms with van der Waals surface area (Å²) in [5.41, 5.74) is 1.62. The molecule has 0 saturated heterocycles. The second kappa shape index (κ2) is 10.8. The molecular weight excluding hydrogens is 456 g/mol. The van der Waals surface area contributed by atoms with Gasteiger partial charge in [-0.1, -0.05) is 6.07 Å². The van der Waals surface area contributed by atoms with E-state index in [0.29, 0.717) is 36.6 Å². The van der Waals surface area contributed by atoms with Crippen molar-refractivity contribution in [2.45, 2.75) is 62.7 Å². The number of carbonyl (C=O) groups excluding carboxylic acids is 2. The average molecular weight is 489 g/mol. The molecule has 0 atom stereocenters. The van der Waals surface area contributed by atoms with E-state index < -0.39 is 9.84 Å². The van der Waals surface area contributed by atoms with Gasteiger partial charge in [0.1, 0.15) is 0 Å². The summed E-state index contributed by atoms with van der Waals surface area (Å²) >= 11 is 1.71. The molecule has 1 saturated carbocycles. The van der Waals surface area contributed by atoms with E-state index in [1.165, 1.54) is 4.88 Å². The van der Waals surface area contributed by atoms with Crippen molar-refractivity contribution in [3.63, 3.8) is 0 Å². The Kier molecular flexibility index (Phi) is 7.86. The molecule has 1 fully saturated rings. The van der Waals surface area contributed by atoms with Crippen molar-refractivity contribution in [2.75, 3.05) is 17.6 Å². The number of sulfone groups is 1. The van der Waals surface area contributed by atoms with Crippen molar-refractivity contribution in [1.82, 2.24) is 5.32 Å². The summed E-state index contributed by atoms with van der Waals surface area (Å²) in [5.74, 6) is 0.627. The highest BCUT2D eigenvalue weighted by Crippen LogP contribution is 2.32. The molecule has 2 aliphatic rings. The van der Waals surface area contributed by atoms with Crippen LogP contribution in [0, 0.1) is 11.8 Å². The number of hydrogen-bond donors (Lipinski definition) is 2. The lowest BCUT2D eigenvalue weighted by Crippen LogP contribution is -2.34. The molecule has 2 amide bonds. The highest BCUT2D eigenvalue weighted by molar-refractivity contribution is 7.91. The molecule has 1 aliphatic carbocycles. The second-order valence-electron chi connectivity index (χ2n) is 9.17. The van der Waals surface area contributed by atoms with Crippen LogP contribution in [0.25, 0.3) is 0 Å². The van der Waals surface area contributed by atoms with Gasteiger partial charge in [0.25, 0.3) is 0 Å². The zero-order valence-electron chi connectivity index (χ0n) is 18.8. The molecule has 6 nitrogen and oxygen atoms in total. The van der Waals surface area contributed by atoms with E-state index in [4.69, 9.17) is 0 Å². The topological polar surface area (TPSA) is 92.3 Å². The van der Waals surface area contributed by atoms with Crippen molar-refractivity contribution >= 4 is 38.7 Å². The van der Waals surface area contributed by atoms with E-state index >= 15 is 0 Å². The van der Waals surface area contributed by atoms with Gasteiger partial charge in [0, 0.05) is 29.4 Å². The number of carbonyl (C=O) groups is 2. The Balaban J connectivity index is 1.23. The third kappa shape index (κ3) is 6.44. The molecule has 0 bridgehead atoms. The van der Waals surface area contributed by atoms with Crippen molar-refractivity contribution in [2.24, 2.45) is 11.8 Å². The summed E-state index contributed by atoms with van der Waals surface area (Å²) in [4.78, 5) is 25.8. The maximum atomic E-state index is 12.9. The van der Waals surface area contributed by atoms with Gasteiger partial charge in [0.05, 0.1) is 10.6 Å². The van der Waals surface area contributed by atoms with Crippen LogP contribution in [0.15, 0.2) is 40.6 Å². The fraction of sp³-hybridized carbons (Fsp3) is 0.520. The number of fused-ring (bicyclic) bond motifs is 1. The van der Waals surface area contributed by atoms with Crippen molar-refractivity contribution in [3.05, 3.63) is 46.2 Å². The molecule has 1 aliphatic heterocycles. The van der Waals surface area contributed by atoms with Gasteiger partial charge in [0.15, 0.2) is 9.84 Å². The smallest absolute Gasteiger partial charge is 0.224 e. The number of thiophene rings is 1. The molecule has 1 aromatic carbocycles. The fourth-order valence-electron chi connectivity index (χ4n) is 4.81.